The monoisotopic (exact) mass is 207 g/mol. The van der Waals surface area contributed by atoms with Gasteiger partial charge in [0.15, 0.2) is 0 Å². The van der Waals surface area contributed by atoms with Gasteiger partial charge in [0, 0.05) is 5.75 Å². The minimum Gasteiger partial charge on any atom is -0.330 e. The van der Waals surface area contributed by atoms with E-state index < -0.39 is 9.84 Å². The fourth-order valence-electron chi connectivity index (χ4n) is 1.08. The Balaban J connectivity index is 3.47. The summed E-state index contributed by atoms with van der Waals surface area (Å²) in [4.78, 5) is 0. The molecule has 0 heterocycles. The second kappa shape index (κ2) is 6.38. The zero-order chi connectivity index (χ0) is 10.3. The molecular weight excluding hydrogens is 186 g/mol. The highest BCUT2D eigenvalue weighted by Gasteiger charge is 2.06. The van der Waals surface area contributed by atoms with Crippen LogP contribution in [0.2, 0.25) is 0 Å². The standard InChI is InChI=1S/C9H21NO2S/c1-3-13(11,12)7-5-4-6-9(2)8-10/h9H,3-8,10H2,1-2H3. The van der Waals surface area contributed by atoms with Gasteiger partial charge < -0.3 is 5.73 Å². The van der Waals surface area contributed by atoms with E-state index in [0.29, 0.717) is 18.2 Å². The molecule has 0 bridgehead atoms. The largest absolute Gasteiger partial charge is 0.330 e. The quantitative estimate of drug-likeness (QED) is 0.638. The van der Waals surface area contributed by atoms with Gasteiger partial charge in [-0.2, -0.15) is 0 Å². The molecule has 0 aromatic carbocycles. The molecule has 80 valence electrons. The SMILES string of the molecule is CCS(=O)(=O)CCCCC(C)CN. The molecule has 0 aliphatic rings. The summed E-state index contributed by atoms with van der Waals surface area (Å²) >= 11 is 0. The lowest BCUT2D eigenvalue weighted by molar-refractivity contribution is 0.513. The molecule has 0 aromatic heterocycles. The van der Waals surface area contributed by atoms with Crippen LogP contribution < -0.4 is 5.73 Å². The van der Waals surface area contributed by atoms with Crippen molar-refractivity contribution in [3.05, 3.63) is 0 Å². The molecule has 0 aliphatic carbocycles. The molecule has 0 aliphatic heterocycles. The summed E-state index contributed by atoms with van der Waals surface area (Å²) < 4.78 is 22.2. The van der Waals surface area contributed by atoms with Gasteiger partial charge in [-0.05, 0) is 25.3 Å². The van der Waals surface area contributed by atoms with Crippen molar-refractivity contribution in [3.63, 3.8) is 0 Å². The van der Waals surface area contributed by atoms with Crippen LogP contribution in [0.3, 0.4) is 0 Å². The van der Waals surface area contributed by atoms with E-state index in [2.05, 4.69) is 6.92 Å². The minimum absolute atomic E-state index is 0.263. The Morgan fingerprint density at radius 2 is 1.92 bits per heavy atom. The van der Waals surface area contributed by atoms with Crippen LogP contribution in [0.5, 0.6) is 0 Å². The van der Waals surface area contributed by atoms with Crippen molar-refractivity contribution in [2.45, 2.75) is 33.1 Å². The van der Waals surface area contributed by atoms with Crippen molar-refractivity contribution in [2.24, 2.45) is 11.7 Å². The Kier molecular flexibility index (Phi) is 6.33. The van der Waals surface area contributed by atoms with E-state index in [1.165, 1.54) is 0 Å². The molecule has 0 spiro atoms. The predicted molar refractivity (Wildman–Crippen MR) is 56.4 cm³/mol. The molecule has 4 heteroatoms. The van der Waals surface area contributed by atoms with Crippen LogP contribution in [0.25, 0.3) is 0 Å². The molecular formula is C9H21NO2S. The van der Waals surface area contributed by atoms with Crippen LogP contribution in [-0.2, 0) is 9.84 Å². The first-order chi connectivity index (χ1) is 6.02. The third-order valence-electron chi connectivity index (χ3n) is 2.24. The topological polar surface area (TPSA) is 60.2 Å². The van der Waals surface area contributed by atoms with Crippen LogP contribution in [0.4, 0.5) is 0 Å². The Hall–Kier alpha value is -0.0900. The number of hydrogen-bond donors (Lipinski definition) is 1. The second-order valence-corrected chi connectivity index (χ2v) is 6.05. The predicted octanol–water partition coefficient (Wildman–Crippen LogP) is 1.19. The lowest BCUT2D eigenvalue weighted by Gasteiger charge is -2.07. The lowest BCUT2D eigenvalue weighted by atomic mass is 10.1. The van der Waals surface area contributed by atoms with E-state index in [-0.39, 0.29) is 5.75 Å². The van der Waals surface area contributed by atoms with Gasteiger partial charge in [-0.25, -0.2) is 8.42 Å². The third kappa shape index (κ3) is 7.02. The average Bonchev–Trinajstić information content (AvgIpc) is 2.12. The van der Waals surface area contributed by atoms with Gasteiger partial charge in [-0.15, -0.1) is 0 Å². The van der Waals surface area contributed by atoms with Gasteiger partial charge in [0.25, 0.3) is 0 Å². The highest BCUT2D eigenvalue weighted by Crippen LogP contribution is 2.07. The van der Waals surface area contributed by atoms with Crippen LogP contribution in [0, 0.1) is 5.92 Å². The Morgan fingerprint density at radius 1 is 1.31 bits per heavy atom. The van der Waals surface area contributed by atoms with Crippen molar-refractivity contribution < 1.29 is 8.42 Å². The molecule has 0 radical (unpaired) electrons. The van der Waals surface area contributed by atoms with E-state index >= 15 is 0 Å². The maximum atomic E-state index is 11.1. The summed E-state index contributed by atoms with van der Waals surface area (Å²) in [5.41, 5.74) is 5.45. The molecule has 0 saturated heterocycles. The molecule has 0 rings (SSSR count). The molecule has 0 amide bonds. The molecule has 1 unspecified atom stereocenters. The fraction of sp³-hybridized carbons (Fsp3) is 1.00. The first kappa shape index (κ1) is 12.9. The zero-order valence-electron chi connectivity index (χ0n) is 8.62. The van der Waals surface area contributed by atoms with Gasteiger partial charge in [-0.1, -0.05) is 20.3 Å². The van der Waals surface area contributed by atoms with Gasteiger partial charge in [0.05, 0.1) is 5.75 Å². The molecule has 3 nitrogen and oxygen atoms in total. The van der Waals surface area contributed by atoms with Gasteiger partial charge in [0.1, 0.15) is 9.84 Å². The van der Waals surface area contributed by atoms with E-state index in [1.54, 1.807) is 6.92 Å². The summed E-state index contributed by atoms with van der Waals surface area (Å²) in [6, 6.07) is 0. The maximum Gasteiger partial charge on any atom is 0.150 e. The van der Waals surface area contributed by atoms with Crippen molar-refractivity contribution in [3.8, 4) is 0 Å². The molecule has 0 fully saturated rings. The van der Waals surface area contributed by atoms with Crippen molar-refractivity contribution in [2.75, 3.05) is 18.1 Å². The number of unbranched alkanes of at least 4 members (excludes halogenated alkanes) is 1. The number of hydrogen-bond acceptors (Lipinski definition) is 3. The zero-order valence-corrected chi connectivity index (χ0v) is 9.44. The summed E-state index contributed by atoms with van der Waals surface area (Å²) in [5.74, 6) is 1.12. The van der Waals surface area contributed by atoms with E-state index in [9.17, 15) is 8.42 Å². The van der Waals surface area contributed by atoms with Crippen molar-refractivity contribution >= 4 is 9.84 Å². The summed E-state index contributed by atoms with van der Waals surface area (Å²) in [7, 11) is -2.76. The Morgan fingerprint density at radius 3 is 2.38 bits per heavy atom. The van der Waals surface area contributed by atoms with E-state index in [1.807, 2.05) is 0 Å². The van der Waals surface area contributed by atoms with E-state index in [4.69, 9.17) is 5.73 Å². The average molecular weight is 207 g/mol. The highest BCUT2D eigenvalue weighted by atomic mass is 32.2. The highest BCUT2D eigenvalue weighted by molar-refractivity contribution is 7.91. The molecule has 0 saturated carbocycles. The first-order valence-electron chi connectivity index (χ1n) is 4.92. The van der Waals surface area contributed by atoms with Gasteiger partial charge >= 0.3 is 0 Å². The normalized spacial score (nSPS) is 14.4. The van der Waals surface area contributed by atoms with Crippen LogP contribution in [0.15, 0.2) is 0 Å². The summed E-state index contributed by atoms with van der Waals surface area (Å²) in [6.45, 7) is 4.48. The maximum absolute atomic E-state index is 11.1. The number of sulfone groups is 1. The molecule has 13 heavy (non-hydrogen) atoms. The Labute approximate surface area is 81.6 Å². The molecule has 2 N–H and O–H groups in total. The van der Waals surface area contributed by atoms with Crippen molar-refractivity contribution in [1.82, 2.24) is 0 Å². The summed E-state index contributed by atoms with van der Waals surface area (Å²) in [6.07, 6.45) is 2.79. The van der Waals surface area contributed by atoms with E-state index in [0.717, 1.165) is 19.3 Å². The fourth-order valence-corrected chi connectivity index (χ4v) is 2.01. The number of rotatable bonds is 7. The van der Waals surface area contributed by atoms with Gasteiger partial charge in [0.2, 0.25) is 0 Å². The smallest absolute Gasteiger partial charge is 0.150 e. The Bertz CT molecular complexity index is 212. The summed E-state index contributed by atoms with van der Waals surface area (Å²) in [5, 5.41) is 0. The minimum atomic E-state index is -2.76. The molecule has 0 aromatic rings. The van der Waals surface area contributed by atoms with Crippen LogP contribution in [-0.4, -0.2) is 26.5 Å². The lowest BCUT2D eigenvalue weighted by Crippen LogP contribution is -2.12. The second-order valence-electron chi connectivity index (χ2n) is 3.57. The first-order valence-corrected chi connectivity index (χ1v) is 6.74. The number of nitrogens with two attached hydrogens (primary N) is 1. The molecule has 1 atom stereocenters. The van der Waals surface area contributed by atoms with Crippen LogP contribution in [0.1, 0.15) is 33.1 Å². The van der Waals surface area contributed by atoms with Crippen LogP contribution >= 0.6 is 0 Å². The third-order valence-corrected chi connectivity index (χ3v) is 4.03. The van der Waals surface area contributed by atoms with Crippen molar-refractivity contribution in [1.29, 1.82) is 0 Å². The van der Waals surface area contributed by atoms with Gasteiger partial charge in [-0.3, -0.25) is 0 Å².